The Morgan fingerprint density at radius 1 is 1.35 bits per heavy atom. The Hall–Kier alpha value is -1.25. The molecule has 1 rings (SSSR count). The van der Waals surface area contributed by atoms with Gasteiger partial charge in [-0.2, -0.15) is 13.2 Å². The fraction of sp³-hybridized carbons (Fsp3) is 0.417. The molecule has 0 bridgehead atoms. The average Bonchev–Trinajstić information content (AvgIpc) is 2.29. The van der Waals surface area contributed by atoms with Gasteiger partial charge in [0, 0.05) is 24.2 Å². The van der Waals surface area contributed by atoms with Crippen molar-refractivity contribution in [3.05, 3.63) is 35.1 Å². The number of thiocarbonyl (C=S) groups is 1. The molecule has 0 aliphatic rings. The quantitative estimate of drug-likeness (QED) is 0.621. The second-order valence-electron chi connectivity index (χ2n) is 4.19. The van der Waals surface area contributed by atoms with Crippen molar-refractivity contribution < 1.29 is 22.7 Å². The van der Waals surface area contributed by atoms with Crippen LogP contribution in [0.15, 0.2) is 18.2 Å². The maximum absolute atomic E-state index is 14.0. The Labute approximate surface area is 119 Å². The van der Waals surface area contributed by atoms with Crippen molar-refractivity contribution in [1.82, 2.24) is 4.90 Å². The summed E-state index contributed by atoms with van der Waals surface area (Å²) in [6.07, 6.45) is -4.42. The second kappa shape index (κ2) is 6.96. The van der Waals surface area contributed by atoms with E-state index in [1.165, 1.54) is 18.2 Å². The van der Waals surface area contributed by atoms with Crippen LogP contribution in [-0.2, 0) is 6.54 Å². The van der Waals surface area contributed by atoms with Crippen molar-refractivity contribution in [2.24, 2.45) is 5.73 Å². The zero-order valence-electron chi connectivity index (χ0n) is 10.5. The van der Waals surface area contributed by atoms with Crippen LogP contribution in [-0.4, -0.2) is 40.9 Å². The minimum absolute atomic E-state index is 0.00606. The summed E-state index contributed by atoms with van der Waals surface area (Å²) in [7, 11) is 0. The molecule has 1 aromatic carbocycles. The van der Waals surface area contributed by atoms with E-state index in [4.69, 9.17) is 10.8 Å². The number of nitrogens with zero attached hydrogens (tertiary/aromatic N) is 1. The summed E-state index contributed by atoms with van der Waals surface area (Å²) in [5.41, 5.74) is 5.38. The summed E-state index contributed by atoms with van der Waals surface area (Å²) in [5, 5.41) is 8.78. The van der Waals surface area contributed by atoms with Crippen LogP contribution in [0.3, 0.4) is 0 Å². The minimum Gasteiger partial charge on any atom is -0.395 e. The standard InChI is InChI=1S/C12H14F4N2OS/c13-10-8(2-1-3-9(10)11(17)20)6-18(4-5-19)7-12(14,15)16/h1-3,19H,4-7H2,(H2,17,20). The molecule has 1 aromatic rings. The zero-order chi connectivity index (χ0) is 15.3. The van der Waals surface area contributed by atoms with Crippen LogP contribution in [0.25, 0.3) is 0 Å². The molecule has 0 aliphatic carbocycles. The van der Waals surface area contributed by atoms with E-state index >= 15 is 0 Å². The normalized spacial score (nSPS) is 11.9. The molecule has 0 spiro atoms. The highest BCUT2D eigenvalue weighted by molar-refractivity contribution is 7.80. The first-order chi connectivity index (χ1) is 9.24. The first-order valence-corrected chi connectivity index (χ1v) is 6.12. The van der Waals surface area contributed by atoms with E-state index in [0.29, 0.717) is 0 Å². The van der Waals surface area contributed by atoms with E-state index in [1.807, 2.05) is 0 Å². The van der Waals surface area contributed by atoms with E-state index < -0.39 is 25.1 Å². The van der Waals surface area contributed by atoms with E-state index in [2.05, 4.69) is 12.2 Å². The summed E-state index contributed by atoms with van der Waals surface area (Å²) in [5.74, 6) is -0.731. The van der Waals surface area contributed by atoms with Gasteiger partial charge < -0.3 is 10.8 Å². The van der Waals surface area contributed by atoms with Crippen LogP contribution in [0.1, 0.15) is 11.1 Å². The highest BCUT2D eigenvalue weighted by atomic mass is 32.1. The molecular formula is C12H14F4N2OS. The van der Waals surface area contributed by atoms with E-state index in [9.17, 15) is 17.6 Å². The maximum atomic E-state index is 14.0. The highest BCUT2D eigenvalue weighted by Gasteiger charge is 2.30. The molecular weight excluding hydrogens is 296 g/mol. The van der Waals surface area contributed by atoms with Crippen molar-refractivity contribution in [3.8, 4) is 0 Å². The molecule has 0 radical (unpaired) electrons. The fourth-order valence-electron chi connectivity index (χ4n) is 1.74. The number of rotatable bonds is 6. The Morgan fingerprint density at radius 3 is 2.50 bits per heavy atom. The van der Waals surface area contributed by atoms with Gasteiger partial charge in [-0.1, -0.05) is 24.4 Å². The fourth-order valence-corrected chi connectivity index (χ4v) is 1.90. The highest BCUT2D eigenvalue weighted by Crippen LogP contribution is 2.20. The van der Waals surface area contributed by atoms with E-state index in [1.54, 1.807) is 0 Å². The van der Waals surface area contributed by atoms with Gasteiger partial charge in [0.05, 0.1) is 13.2 Å². The lowest BCUT2D eigenvalue weighted by atomic mass is 10.1. The summed E-state index contributed by atoms with van der Waals surface area (Å²) in [4.78, 5) is 0.746. The van der Waals surface area contributed by atoms with E-state index in [-0.39, 0.29) is 29.2 Å². The molecule has 20 heavy (non-hydrogen) atoms. The van der Waals surface area contributed by atoms with Gasteiger partial charge in [0.2, 0.25) is 0 Å². The largest absolute Gasteiger partial charge is 0.401 e. The first kappa shape index (κ1) is 16.8. The Balaban J connectivity index is 2.94. The summed E-state index contributed by atoms with van der Waals surface area (Å²) in [6, 6.07) is 4.19. The summed E-state index contributed by atoms with van der Waals surface area (Å²) >= 11 is 4.67. The summed E-state index contributed by atoms with van der Waals surface area (Å²) < 4.78 is 51.2. The van der Waals surface area contributed by atoms with Crippen LogP contribution >= 0.6 is 12.2 Å². The number of benzene rings is 1. The smallest absolute Gasteiger partial charge is 0.395 e. The molecule has 0 aromatic heterocycles. The predicted molar refractivity (Wildman–Crippen MR) is 70.7 cm³/mol. The number of aliphatic hydroxyl groups excluding tert-OH is 1. The van der Waals surface area contributed by atoms with Gasteiger partial charge in [0.1, 0.15) is 10.8 Å². The van der Waals surface area contributed by atoms with Gasteiger partial charge in [-0.3, -0.25) is 4.90 Å². The maximum Gasteiger partial charge on any atom is 0.401 e. The van der Waals surface area contributed by atoms with Gasteiger partial charge in [0.15, 0.2) is 0 Å². The molecule has 3 N–H and O–H groups in total. The molecule has 0 atom stereocenters. The molecule has 112 valence electrons. The molecule has 0 fully saturated rings. The number of alkyl halides is 3. The molecule has 0 aliphatic heterocycles. The minimum atomic E-state index is -4.42. The zero-order valence-corrected chi connectivity index (χ0v) is 11.3. The Morgan fingerprint density at radius 2 is 2.00 bits per heavy atom. The Bertz CT molecular complexity index is 479. The van der Waals surface area contributed by atoms with Crippen LogP contribution in [0, 0.1) is 5.82 Å². The monoisotopic (exact) mass is 310 g/mol. The van der Waals surface area contributed by atoms with Crippen LogP contribution < -0.4 is 5.73 Å². The number of aliphatic hydroxyl groups is 1. The summed E-state index contributed by atoms with van der Waals surface area (Å²) in [6.45, 7) is -2.18. The third-order valence-corrected chi connectivity index (χ3v) is 2.78. The molecule has 0 saturated carbocycles. The average molecular weight is 310 g/mol. The van der Waals surface area contributed by atoms with Crippen molar-refractivity contribution in [2.45, 2.75) is 12.7 Å². The topological polar surface area (TPSA) is 49.5 Å². The lowest BCUT2D eigenvalue weighted by Crippen LogP contribution is -2.36. The van der Waals surface area contributed by atoms with Crippen molar-refractivity contribution in [1.29, 1.82) is 0 Å². The van der Waals surface area contributed by atoms with E-state index in [0.717, 1.165) is 4.90 Å². The van der Waals surface area contributed by atoms with Gasteiger partial charge in [-0.05, 0) is 6.07 Å². The lowest BCUT2D eigenvalue weighted by Gasteiger charge is -2.23. The van der Waals surface area contributed by atoms with Crippen LogP contribution in [0.2, 0.25) is 0 Å². The first-order valence-electron chi connectivity index (χ1n) is 5.71. The number of hydrogen-bond donors (Lipinski definition) is 2. The van der Waals surface area contributed by atoms with Gasteiger partial charge in [0.25, 0.3) is 0 Å². The third-order valence-electron chi connectivity index (χ3n) is 2.56. The van der Waals surface area contributed by atoms with Crippen molar-refractivity contribution in [3.63, 3.8) is 0 Å². The number of nitrogens with two attached hydrogens (primary N) is 1. The molecule has 0 heterocycles. The Kier molecular flexibility index (Phi) is 5.85. The van der Waals surface area contributed by atoms with Crippen molar-refractivity contribution >= 4 is 17.2 Å². The van der Waals surface area contributed by atoms with Crippen molar-refractivity contribution in [2.75, 3.05) is 19.7 Å². The molecule has 0 unspecified atom stereocenters. The van der Waals surface area contributed by atoms with Gasteiger partial charge >= 0.3 is 6.18 Å². The molecule has 3 nitrogen and oxygen atoms in total. The van der Waals surface area contributed by atoms with Crippen LogP contribution in [0.4, 0.5) is 17.6 Å². The molecule has 0 saturated heterocycles. The number of hydrogen-bond acceptors (Lipinski definition) is 3. The lowest BCUT2D eigenvalue weighted by molar-refractivity contribution is -0.148. The van der Waals surface area contributed by atoms with Gasteiger partial charge in [-0.15, -0.1) is 0 Å². The SMILES string of the molecule is NC(=S)c1cccc(CN(CCO)CC(F)(F)F)c1F. The second-order valence-corrected chi connectivity index (χ2v) is 4.63. The molecule has 0 amide bonds. The predicted octanol–water partition coefficient (Wildman–Crippen LogP) is 1.82. The number of halogens is 4. The molecule has 8 heteroatoms. The third kappa shape index (κ3) is 5.03. The van der Waals surface area contributed by atoms with Gasteiger partial charge in [-0.25, -0.2) is 4.39 Å². The van der Waals surface area contributed by atoms with Crippen LogP contribution in [0.5, 0.6) is 0 Å².